The number of carbonyl (C=O) groups excluding carboxylic acids is 1. The lowest BCUT2D eigenvalue weighted by molar-refractivity contribution is 0.0959. The van der Waals surface area contributed by atoms with E-state index in [1.165, 1.54) is 58.2 Å². The van der Waals surface area contributed by atoms with Gasteiger partial charge in [0.05, 0.1) is 0 Å². The number of likely N-dealkylation sites (tertiary alicyclic amines) is 1. The standard InChI is InChI=1S/C22H30N2O/c25-22(20-6-7-21-19(15-20)9-12-23-21)8-5-17-10-13-24(14-11-17)16-18-3-1-2-4-18/h6-7,9,12,15,17-18,23H,1-5,8,10-11,13-14,16H2. The summed E-state index contributed by atoms with van der Waals surface area (Å²) in [5.74, 6) is 2.00. The van der Waals surface area contributed by atoms with Gasteiger partial charge in [0.1, 0.15) is 0 Å². The number of nitrogens with zero attached hydrogens (tertiary/aromatic N) is 1. The number of piperidine rings is 1. The summed E-state index contributed by atoms with van der Waals surface area (Å²) in [4.78, 5) is 18.4. The van der Waals surface area contributed by atoms with Crippen molar-refractivity contribution in [1.29, 1.82) is 0 Å². The summed E-state index contributed by atoms with van der Waals surface area (Å²) in [7, 11) is 0. The fourth-order valence-corrected chi connectivity index (χ4v) is 4.72. The van der Waals surface area contributed by atoms with Crippen molar-refractivity contribution in [3.8, 4) is 0 Å². The molecule has 25 heavy (non-hydrogen) atoms. The van der Waals surface area contributed by atoms with E-state index in [9.17, 15) is 4.79 Å². The highest BCUT2D eigenvalue weighted by atomic mass is 16.1. The Labute approximate surface area is 150 Å². The number of hydrogen-bond donors (Lipinski definition) is 1. The van der Waals surface area contributed by atoms with E-state index < -0.39 is 0 Å². The number of ketones is 1. The van der Waals surface area contributed by atoms with E-state index in [-0.39, 0.29) is 0 Å². The zero-order chi connectivity index (χ0) is 17.1. The first-order valence-corrected chi connectivity index (χ1v) is 10.1. The lowest BCUT2D eigenvalue weighted by atomic mass is 9.90. The number of aromatic nitrogens is 1. The maximum atomic E-state index is 12.5. The third kappa shape index (κ3) is 4.14. The van der Waals surface area contributed by atoms with Gasteiger partial charge in [-0.1, -0.05) is 12.8 Å². The van der Waals surface area contributed by atoms with Gasteiger partial charge in [0.15, 0.2) is 5.78 Å². The molecule has 0 bridgehead atoms. The molecular weight excluding hydrogens is 308 g/mol. The first-order chi connectivity index (χ1) is 12.3. The van der Waals surface area contributed by atoms with E-state index in [1.807, 2.05) is 30.5 Å². The molecule has 2 fully saturated rings. The van der Waals surface area contributed by atoms with Crippen LogP contribution in [0.2, 0.25) is 0 Å². The third-order valence-corrected chi connectivity index (χ3v) is 6.35. The van der Waals surface area contributed by atoms with Crippen LogP contribution in [0.15, 0.2) is 30.5 Å². The molecule has 1 aliphatic heterocycles. The minimum Gasteiger partial charge on any atom is -0.361 e. The average molecular weight is 338 g/mol. The number of benzene rings is 1. The highest BCUT2D eigenvalue weighted by Crippen LogP contribution is 2.28. The zero-order valence-electron chi connectivity index (χ0n) is 15.2. The lowest BCUT2D eigenvalue weighted by Crippen LogP contribution is -2.36. The van der Waals surface area contributed by atoms with Crippen molar-refractivity contribution in [2.75, 3.05) is 19.6 Å². The van der Waals surface area contributed by atoms with Gasteiger partial charge in [-0.05, 0) is 81.3 Å². The Kier molecular flexibility index (Phi) is 5.21. The molecule has 0 amide bonds. The highest BCUT2D eigenvalue weighted by molar-refractivity contribution is 5.99. The topological polar surface area (TPSA) is 36.1 Å². The van der Waals surface area contributed by atoms with E-state index in [0.29, 0.717) is 12.2 Å². The van der Waals surface area contributed by atoms with E-state index in [0.717, 1.165) is 34.7 Å². The van der Waals surface area contributed by atoms with Gasteiger partial charge in [0.25, 0.3) is 0 Å². The number of aromatic amines is 1. The summed E-state index contributed by atoms with van der Waals surface area (Å²) in [6.45, 7) is 3.80. The molecule has 134 valence electrons. The van der Waals surface area contributed by atoms with Crippen molar-refractivity contribution in [2.45, 2.75) is 51.4 Å². The Morgan fingerprint density at radius 1 is 1.04 bits per heavy atom. The smallest absolute Gasteiger partial charge is 0.162 e. The van der Waals surface area contributed by atoms with Crippen LogP contribution < -0.4 is 0 Å². The van der Waals surface area contributed by atoms with Crippen LogP contribution in [0, 0.1) is 11.8 Å². The molecule has 3 heteroatoms. The Bertz CT molecular complexity index is 706. The summed E-state index contributed by atoms with van der Waals surface area (Å²) < 4.78 is 0. The number of hydrogen-bond acceptors (Lipinski definition) is 2. The Morgan fingerprint density at radius 2 is 1.84 bits per heavy atom. The van der Waals surface area contributed by atoms with Crippen molar-refractivity contribution in [3.63, 3.8) is 0 Å². The molecule has 1 saturated carbocycles. The summed E-state index contributed by atoms with van der Waals surface area (Å²) >= 11 is 0. The predicted molar refractivity (Wildman–Crippen MR) is 103 cm³/mol. The second-order valence-corrected chi connectivity index (χ2v) is 8.14. The predicted octanol–water partition coefficient (Wildman–Crippen LogP) is 5.03. The first-order valence-electron chi connectivity index (χ1n) is 10.1. The van der Waals surface area contributed by atoms with Crippen LogP contribution in [-0.2, 0) is 0 Å². The summed E-state index contributed by atoms with van der Waals surface area (Å²) in [6, 6.07) is 8.04. The summed E-state index contributed by atoms with van der Waals surface area (Å²) in [5.41, 5.74) is 1.97. The van der Waals surface area contributed by atoms with E-state index >= 15 is 0 Å². The average Bonchev–Trinajstić information content (AvgIpc) is 3.31. The SMILES string of the molecule is O=C(CCC1CCN(CC2CCCC2)CC1)c1ccc2[nH]ccc2c1. The zero-order valence-corrected chi connectivity index (χ0v) is 15.2. The number of nitrogens with one attached hydrogen (secondary N) is 1. The Morgan fingerprint density at radius 3 is 2.64 bits per heavy atom. The van der Waals surface area contributed by atoms with Crippen LogP contribution in [-0.4, -0.2) is 35.3 Å². The molecular formula is C22H30N2O. The van der Waals surface area contributed by atoms with Gasteiger partial charge in [0.2, 0.25) is 0 Å². The Balaban J connectivity index is 1.22. The monoisotopic (exact) mass is 338 g/mol. The van der Waals surface area contributed by atoms with Crippen LogP contribution in [0.1, 0.15) is 61.7 Å². The van der Waals surface area contributed by atoms with Crippen molar-refractivity contribution < 1.29 is 4.79 Å². The summed E-state index contributed by atoms with van der Waals surface area (Å²) in [6.07, 6.45) is 12.0. The van der Waals surface area contributed by atoms with Crippen LogP contribution in [0.3, 0.4) is 0 Å². The minimum absolute atomic E-state index is 0.302. The number of fused-ring (bicyclic) bond motifs is 1. The molecule has 0 atom stereocenters. The number of rotatable bonds is 6. The molecule has 1 aromatic carbocycles. The number of H-pyrrole nitrogens is 1. The normalized spacial score (nSPS) is 20.5. The fraction of sp³-hybridized carbons (Fsp3) is 0.591. The minimum atomic E-state index is 0.302. The van der Waals surface area contributed by atoms with Crippen molar-refractivity contribution in [2.24, 2.45) is 11.8 Å². The number of Topliss-reactive ketones (excluding diaryl/α,β-unsaturated/α-hetero) is 1. The molecule has 0 radical (unpaired) electrons. The molecule has 1 saturated heterocycles. The largest absolute Gasteiger partial charge is 0.361 e. The van der Waals surface area contributed by atoms with Crippen LogP contribution in [0.4, 0.5) is 0 Å². The van der Waals surface area contributed by atoms with Gasteiger partial charge >= 0.3 is 0 Å². The molecule has 2 heterocycles. The van der Waals surface area contributed by atoms with Crippen LogP contribution >= 0.6 is 0 Å². The van der Waals surface area contributed by atoms with Crippen molar-refractivity contribution in [3.05, 3.63) is 36.0 Å². The fourth-order valence-electron chi connectivity index (χ4n) is 4.72. The lowest BCUT2D eigenvalue weighted by Gasteiger charge is -2.33. The third-order valence-electron chi connectivity index (χ3n) is 6.35. The van der Waals surface area contributed by atoms with Gasteiger partial charge in [-0.2, -0.15) is 0 Å². The molecule has 1 aromatic heterocycles. The quantitative estimate of drug-likeness (QED) is 0.750. The molecule has 1 N–H and O–H groups in total. The Hall–Kier alpha value is -1.61. The van der Waals surface area contributed by atoms with Gasteiger partial charge in [-0.25, -0.2) is 0 Å². The first kappa shape index (κ1) is 16.8. The van der Waals surface area contributed by atoms with Crippen molar-refractivity contribution >= 4 is 16.7 Å². The molecule has 0 spiro atoms. The van der Waals surface area contributed by atoms with Crippen LogP contribution in [0.25, 0.3) is 10.9 Å². The van der Waals surface area contributed by atoms with Crippen molar-refractivity contribution in [1.82, 2.24) is 9.88 Å². The molecule has 2 aliphatic rings. The van der Waals surface area contributed by atoms with Gasteiger partial charge in [0, 0.05) is 35.6 Å². The maximum Gasteiger partial charge on any atom is 0.162 e. The number of carbonyl (C=O) groups is 1. The second-order valence-electron chi connectivity index (χ2n) is 8.14. The van der Waals surface area contributed by atoms with Crippen LogP contribution in [0.5, 0.6) is 0 Å². The second kappa shape index (κ2) is 7.74. The summed E-state index contributed by atoms with van der Waals surface area (Å²) in [5, 5.41) is 1.13. The molecule has 4 rings (SSSR count). The van der Waals surface area contributed by atoms with Gasteiger partial charge < -0.3 is 9.88 Å². The van der Waals surface area contributed by atoms with E-state index in [1.54, 1.807) is 0 Å². The highest BCUT2D eigenvalue weighted by Gasteiger charge is 2.23. The van der Waals surface area contributed by atoms with Gasteiger partial charge in [-0.3, -0.25) is 4.79 Å². The molecule has 1 aliphatic carbocycles. The maximum absolute atomic E-state index is 12.5. The molecule has 3 nitrogen and oxygen atoms in total. The van der Waals surface area contributed by atoms with E-state index in [4.69, 9.17) is 0 Å². The molecule has 0 unspecified atom stereocenters. The van der Waals surface area contributed by atoms with E-state index in [2.05, 4.69) is 9.88 Å². The van der Waals surface area contributed by atoms with Gasteiger partial charge in [-0.15, -0.1) is 0 Å². The molecule has 2 aromatic rings.